The van der Waals surface area contributed by atoms with E-state index in [0.717, 1.165) is 11.6 Å². The molecule has 1 unspecified atom stereocenters. The maximum absolute atomic E-state index is 12.5. The normalized spacial score (nSPS) is 23.6. The summed E-state index contributed by atoms with van der Waals surface area (Å²) in [5, 5.41) is 4.19. The van der Waals surface area contributed by atoms with Crippen LogP contribution in [0.1, 0.15) is 26.8 Å². The van der Waals surface area contributed by atoms with Crippen molar-refractivity contribution in [2.24, 2.45) is 5.41 Å². The van der Waals surface area contributed by atoms with Crippen molar-refractivity contribution in [3.8, 4) is 0 Å². The number of carbonyl (C=O) groups excluding carboxylic acids is 1. The summed E-state index contributed by atoms with van der Waals surface area (Å²) in [4.78, 5) is 18.5. The first kappa shape index (κ1) is 14.1. The third-order valence-electron chi connectivity index (χ3n) is 4.20. The molecule has 3 rings (SSSR count). The Kier molecular flexibility index (Phi) is 3.24. The van der Waals surface area contributed by atoms with Crippen LogP contribution in [0.2, 0.25) is 0 Å². The molecular weight excluding hydrogens is 272 g/mol. The minimum Gasteiger partial charge on any atom is -0.461 e. The minimum absolute atomic E-state index is 0.0493. The molecule has 0 N–H and O–H groups in total. The van der Waals surface area contributed by atoms with Crippen LogP contribution in [0.5, 0.6) is 0 Å². The van der Waals surface area contributed by atoms with Crippen molar-refractivity contribution in [3.05, 3.63) is 17.6 Å². The summed E-state index contributed by atoms with van der Waals surface area (Å²) in [5.74, 6) is 0.442. The zero-order valence-corrected chi connectivity index (χ0v) is 12.8. The zero-order valence-electron chi connectivity index (χ0n) is 12.8. The summed E-state index contributed by atoms with van der Waals surface area (Å²) >= 11 is 0. The van der Waals surface area contributed by atoms with E-state index < -0.39 is 0 Å². The molecular formula is C14H20N4O3. The van der Waals surface area contributed by atoms with Gasteiger partial charge in [-0.1, -0.05) is 6.92 Å². The highest BCUT2D eigenvalue weighted by Crippen LogP contribution is 2.33. The second kappa shape index (κ2) is 4.84. The van der Waals surface area contributed by atoms with Crippen LogP contribution in [0.15, 0.2) is 17.6 Å². The standard InChI is InChI=1S/C14H20N4O3/c1-9-11(12(19)21-7-14(3)5-20-6-14)10(2)18-13(17(9)4)15-8-16-18/h8,10H,5-7H2,1-4H3. The van der Waals surface area contributed by atoms with E-state index >= 15 is 0 Å². The van der Waals surface area contributed by atoms with Gasteiger partial charge in [0.05, 0.1) is 24.8 Å². The fourth-order valence-electron chi connectivity index (χ4n) is 2.68. The van der Waals surface area contributed by atoms with Crippen LogP contribution in [0, 0.1) is 5.41 Å². The summed E-state index contributed by atoms with van der Waals surface area (Å²) in [6.07, 6.45) is 1.50. The number of aromatic nitrogens is 3. The van der Waals surface area contributed by atoms with Crippen molar-refractivity contribution < 1.29 is 14.3 Å². The van der Waals surface area contributed by atoms with Crippen molar-refractivity contribution in [2.75, 3.05) is 31.8 Å². The maximum Gasteiger partial charge on any atom is 0.337 e. The Morgan fingerprint density at radius 1 is 1.57 bits per heavy atom. The molecule has 1 atom stereocenters. The molecule has 0 aromatic carbocycles. The van der Waals surface area contributed by atoms with E-state index in [1.807, 2.05) is 25.8 Å². The average molecular weight is 292 g/mol. The number of carbonyl (C=O) groups is 1. The number of anilines is 1. The molecule has 2 aliphatic heterocycles. The number of hydrogen-bond acceptors (Lipinski definition) is 6. The van der Waals surface area contributed by atoms with Gasteiger partial charge in [-0.25, -0.2) is 9.48 Å². The third-order valence-corrected chi connectivity index (χ3v) is 4.20. The molecule has 21 heavy (non-hydrogen) atoms. The van der Waals surface area contributed by atoms with E-state index in [1.54, 1.807) is 4.68 Å². The first-order chi connectivity index (χ1) is 9.93. The summed E-state index contributed by atoms with van der Waals surface area (Å²) in [5.41, 5.74) is 1.43. The van der Waals surface area contributed by atoms with E-state index in [9.17, 15) is 4.79 Å². The Morgan fingerprint density at radius 3 is 2.90 bits per heavy atom. The lowest BCUT2D eigenvalue weighted by molar-refractivity contribution is -0.162. The van der Waals surface area contributed by atoms with Gasteiger partial charge in [-0.15, -0.1) is 0 Å². The predicted molar refractivity (Wildman–Crippen MR) is 75.7 cm³/mol. The average Bonchev–Trinajstić information content (AvgIpc) is 2.90. The molecule has 7 nitrogen and oxygen atoms in total. The lowest BCUT2D eigenvalue weighted by Crippen LogP contribution is -2.44. The second-order valence-electron chi connectivity index (χ2n) is 6.12. The number of fused-ring (bicyclic) bond motifs is 1. The van der Waals surface area contributed by atoms with Gasteiger partial charge < -0.3 is 14.4 Å². The summed E-state index contributed by atoms with van der Waals surface area (Å²) < 4.78 is 12.4. The Morgan fingerprint density at radius 2 is 2.29 bits per heavy atom. The number of rotatable bonds is 3. The van der Waals surface area contributed by atoms with Gasteiger partial charge in [0.15, 0.2) is 0 Å². The summed E-state index contributed by atoms with van der Waals surface area (Å²) in [6.45, 7) is 7.54. The van der Waals surface area contributed by atoms with Crippen LogP contribution >= 0.6 is 0 Å². The van der Waals surface area contributed by atoms with Gasteiger partial charge in [-0.3, -0.25) is 0 Å². The van der Waals surface area contributed by atoms with E-state index in [-0.39, 0.29) is 17.4 Å². The molecule has 1 aromatic heterocycles. The fourth-order valence-corrected chi connectivity index (χ4v) is 2.68. The van der Waals surface area contributed by atoms with Crippen LogP contribution < -0.4 is 4.90 Å². The highest BCUT2D eigenvalue weighted by molar-refractivity contribution is 5.91. The fraction of sp³-hybridized carbons (Fsp3) is 0.643. The number of esters is 1. The van der Waals surface area contributed by atoms with E-state index in [4.69, 9.17) is 9.47 Å². The SMILES string of the molecule is CC1=C(C(=O)OCC2(C)COC2)C(C)n2ncnc2N1C. The number of allylic oxidation sites excluding steroid dienone is 1. The molecule has 0 saturated carbocycles. The molecule has 0 spiro atoms. The number of nitrogens with zero attached hydrogens (tertiary/aromatic N) is 4. The first-order valence-electron chi connectivity index (χ1n) is 7.02. The van der Waals surface area contributed by atoms with Crippen LogP contribution in [0.25, 0.3) is 0 Å². The van der Waals surface area contributed by atoms with Crippen molar-refractivity contribution in [2.45, 2.75) is 26.8 Å². The maximum atomic E-state index is 12.5. The highest BCUT2D eigenvalue weighted by Gasteiger charge is 2.37. The summed E-state index contributed by atoms with van der Waals surface area (Å²) in [6, 6.07) is -0.184. The van der Waals surface area contributed by atoms with Crippen molar-refractivity contribution in [1.82, 2.24) is 14.8 Å². The predicted octanol–water partition coefficient (Wildman–Crippen LogP) is 1.14. The molecule has 0 aliphatic carbocycles. The first-order valence-corrected chi connectivity index (χ1v) is 7.02. The molecule has 2 aliphatic rings. The van der Waals surface area contributed by atoms with E-state index in [1.165, 1.54) is 6.33 Å². The van der Waals surface area contributed by atoms with Gasteiger partial charge in [0.2, 0.25) is 5.95 Å². The molecule has 7 heteroatoms. The van der Waals surface area contributed by atoms with E-state index in [2.05, 4.69) is 17.0 Å². The quantitative estimate of drug-likeness (QED) is 0.778. The second-order valence-corrected chi connectivity index (χ2v) is 6.12. The molecule has 114 valence electrons. The van der Waals surface area contributed by atoms with Crippen molar-refractivity contribution in [3.63, 3.8) is 0 Å². The topological polar surface area (TPSA) is 69.5 Å². The van der Waals surface area contributed by atoms with Gasteiger partial charge in [0, 0.05) is 18.2 Å². The monoisotopic (exact) mass is 292 g/mol. The van der Waals surface area contributed by atoms with Gasteiger partial charge in [-0.05, 0) is 13.8 Å². The molecule has 0 radical (unpaired) electrons. The van der Waals surface area contributed by atoms with Crippen LogP contribution in [-0.2, 0) is 14.3 Å². The Balaban J connectivity index is 1.79. The number of hydrogen-bond donors (Lipinski definition) is 0. The number of ether oxygens (including phenoxy) is 2. The third kappa shape index (κ3) is 2.21. The van der Waals surface area contributed by atoms with Gasteiger partial charge in [0.1, 0.15) is 12.9 Å². The molecule has 0 bridgehead atoms. The Hall–Kier alpha value is -1.89. The van der Waals surface area contributed by atoms with E-state index in [0.29, 0.717) is 25.4 Å². The van der Waals surface area contributed by atoms with Gasteiger partial charge in [0.25, 0.3) is 0 Å². The molecule has 0 amide bonds. The largest absolute Gasteiger partial charge is 0.461 e. The lowest BCUT2D eigenvalue weighted by Gasteiger charge is -2.37. The summed E-state index contributed by atoms with van der Waals surface area (Å²) in [7, 11) is 1.87. The molecule has 1 aromatic rings. The molecule has 1 fully saturated rings. The van der Waals surface area contributed by atoms with Crippen LogP contribution in [0.3, 0.4) is 0 Å². The van der Waals surface area contributed by atoms with Crippen molar-refractivity contribution in [1.29, 1.82) is 0 Å². The van der Waals surface area contributed by atoms with Gasteiger partial charge in [-0.2, -0.15) is 10.1 Å². The smallest absolute Gasteiger partial charge is 0.337 e. The van der Waals surface area contributed by atoms with Crippen LogP contribution in [-0.4, -0.2) is 47.6 Å². The zero-order chi connectivity index (χ0) is 15.2. The van der Waals surface area contributed by atoms with Crippen LogP contribution in [0.4, 0.5) is 5.95 Å². The molecule has 1 saturated heterocycles. The molecule has 3 heterocycles. The Labute approximate surface area is 123 Å². The van der Waals surface area contributed by atoms with Crippen molar-refractivity contribution >= 4 is 11.9 Å². The lowest BCUT2D eigenvalue weighted by atomic mass is 9.90. The minimum atomic E-state index is -0.291. The Bertz CT molecular complexity index is 603. The highest BCUT2D eigenvalue weighted by atomic mass is 16.5. The van der Waals surface area contributed by atoms with Gasteiger partial charge >= 0.3 is 5.97 Å².